The van der Waals surface area contributed by atoms with E-state index < -0.39 is 6.10 Å². The van der Waals surface area contributed by atoms with Crippen molar-refractivity contribution in [1.82, 2.24) is 0 Å². The summed E-state index contributed by atoms with van der Waals surface area (Å²) in [6.45, 7) is 1.98. The molecule has 0 aliphatic carbocycles. The molecule has 0 aliphatic heterocycles. The van der Waals surface area contributed by atoms with Crippen molar-refractivity contribution in [3.8, 4) is 0 Å². The lowest BCUT2D eigenvalue weighted by Crippen LogP contribution is -2.01. The Hall–Kier alpha value is -0.830. The molecule has 0 bridgehead atoms. The van der Waals surface area contributed by atoms with E-state index in [1.54, 1.807) is 12.1 Å². The van der Waals surface area contributed by atoms with Crippen LogP contribution >= 0.6 is 27.5 Å². The Morgan fingerprint density at radius 1 is 1.18 bits per heavy atom. The third-order valence-corrected chi connectivity index (χ3v) is 3.43. The first-order valence-electron chi connectivity index (χ1n) is 5.27. The van der Waals surface area contributed by atoms with Crippen molar-refractivity contribution in [2.24, 2.45) is 0 Å². The first-order chi connectivity index (χ1) is 8.08. The molecule has 0 aliphatic rings. The number of rotatable bonds is 2. The van der Waals surface area contributed by atoms with E-state index in [9.17, 15) is 5.11 Å². The lowest BCUT2D eigenvalue weighted by atomic mass is 9.98. The first-order valence-corrected chi connectivity index (χ1v) is 6.44. The van der Waals surface area contributed by atoms with Gasteiger partial charge in [-0.25, -0.2) is 0 Å². The zero-order valence-electron chi connectivity index (χ0n) is 9.32. The molecule has 2 aromatic rings. The molecule has 0 saturated carbocycles. The number of benzene rings is 2. The van der Waals surface area contributed by atoms with Gasteiger partial charge in [-0.05, 0) is 47.9 Å². The van der Waals surface area contributed by atoms with Gasteiger partial charge in [0.05, 0.1) is 0 Å². The Morgan fingerprint density at radius 3 is 2.65 bits per heavy atom. The van der Waals surface area contributed by atoms with Crippen LogP contribution in [0.3, 0.4) is 0 Å². The Bertz CT molecular complexity index is 539. The number of aliphatic hydroxyl groups excluding tert-OH is 1. The highest BCUT2D eigenvalue weighted by Gasteiger charge is 2.13. The Morgan fingerprint density at radius 2 is 1.94 bits per heavy atom. The van der Waals surface area contributed by atoms with Crippen LogP contribution in [-0.4, -0.2) is 5.11 Å². The van der Waals surface area contributed by atoms with Gasteiger partial charge in [-0.15, -0.1) is 0 Å². The standard InChI is InChI=1S/C14H12BrClO/c1-9-5-6-11(15)8-13(9)14(17)10-3-2-4-12(16)7-10/h2-8,14,17H,1H3. The van der Waals surface area contributed by atoms with Gasteiger partial charge >= 0.3 is 0 Å². The summed E-state index contributed by atoms with van der Waals surface area (Å²) in [5.41, 5.74) is 2.75. The molecular weight excluding hydrogens is 300 g/mol. The minimum absolute atomic E-state index is 0.634. The van der Waals surface area contributed by atoms with Gasteiger partial charge in [0, 0.05) is 9.50 Å². The molecule has 0 heterocycles. The van der Waals surface area contributed by atoms with Gasteiger partial charge < -0.3 is 5.11 Å². The molecule has 3 heteroatoms. The predicted octanol–water partition coefficient (Wildman–Crippen LogP) is 4.49. The normalized spacial score (nSPS) is 12.5. The maximum atomic E-state index is 10.3. The van der Waals surface area contributed by atoms with E-state index in [2.05, 4.69) is 15.9 Å². The second kappa shape index (κ2) is 5.21. The molecular formula is C14H12BrClO. The van der Waals surface area contributed by atoms with Crippen LogP contribution in [0.5, 0.6) is 0 Å². The molecule has 2 rings (SSSR count). The van der Waals surface area contributed by atoms with E-state index in [0.29, 0.717) is 5.02 Å². The van der Waals surface area contributed by atoms with Crippen LogP contribution in [0.2, 0.25) is 5.02 Å². The van der Waals surface area contributed by atoms with E-state index in [4.69, 9.17) is 11.6 Å². The van der Waals surface area contributed by atoms with E-state index in [1.807, 2.05) is 37.3 Å². The second-order valence-electron chi connectivity index (χ2n) is 3.96. The molecule has 1 atom stereocenters. The van der Waals surface area contributed by atoms with Gasteiger partial charge in [0.1, 0.15) is 6.10 Å². The average Bonchev–Trinajstić information content (AvgIpc) is 2.31. The van der Waals surface area contributed by atoms with Crippen LogP contribution in [0.4, 0.5) is 0 Å². The summed E-state index contributed by atoms with van der Waals surface area (Å²) in [6, 6.07) is 13.2. The van der Waals surface area contributed by atoms with Crippen molar-refractivity contribution >= 4 is 27.5 Å². The summed E-state index contributed by atoms with van der Waals surface area (Å²) in [5, 5.41) is 11.0. The molecule has 0 radical (unpaired) electrons. The predicted molar refractivity (Wildman–Crippen MR) is 74.4 cm³/mol. The number of hydrogen-bond donors (Lipinski definition) is 1. The van der Waals surface area contributed by atoms with Crippen LogP contribution in [0.1, 0.15) is 22.8 Å². The van der Waals surface area contributed by atoms with Gasteiger partial charge in [0.2, 0.25) is 0 Å². The largest absolute Gasteiger partial charge is 0.384 e. The highest BCUT2D eigenvalue weighted by molar-refractivity contribution is 9.10. The van der Waals surface area contributed by atoms with Crippen LogP contribution in [0, 0.1) is 6.92 Å². The summed E-state index contributed by atoms with van der Waals surface area (Å²) >= 11 is 9.34. The average molecular weight is 312 g/mol. The fraction of sp³-hybridized carbons (Fsp3) is 0.143. The van der Waals surface area contributed by atoms with Crippen molar-refractivity contribution in [1.29, 1.82) is 0 Å². The molecule has 17 heavy (non-hydrogen) atoms. The van der Waals surface area contributed by atoms with Gasteiger partial charge in [-0.3, -0.25) is 0 Å². The third kappa shape index (κ3) is 2.89. The van der Waals surface area contributed by atoms with Crippen molar-refractivity contribution < 1.29 is 5.11 Å². The molecule has 88 valence electrons. The second-order valence-corrected chi connectivity index (χ2v) is 5.31. The van der Waals surface area contributed by atoms with E-state index in [1.165, 1.54) is 0 Å². The van der Waals surface area contributed by atoms with Crippen molar-refractivity contribution in [3.05, 3.63) is 68.7 Å². The van der Waals surface area contributed by atoms with Crippen LogP contribution in [-0.2, 0) is 0 Å². The maximum absolute atomic E-state index is 10.3. The quantitative estimate of drug-likeness (QED) is 0.866. The van der Waals surface area contributed by atoms with Crippen LogP contribution in [0.15, 0.2) is 46.9 Å². The van der Waals surface area contributed by atoms with Gasteiger partial charge in [-0.2, -0.15) is 0 Å². The summed E-state index contributed by atoms with van der Waals surface area (Å²) < 4.78 is 0.958. The molecule has 0 saturated heterocycles. The molecule has 0 fully saturated rings. The summed E-state index contributed by atoms with van der Waals surface area (Å²) in [7, 11) is 0. The fourth-order valence-corrected chi connectivity index (χ4v) is 2.34. The van der Waals surface area contributed by atoms with Crippen molar-refractivity contribution in [2.45, 2.75) is 13.0 Å². The Balaban J connectivity index is 2.43. The van der Waals surface area contributed by atoms with Crippen molar-refractivity contribution in [2.75, 3.05) is 0 Å². The zero-order valence-corrected chi connectivity index (χ0v) is 11.7. The number of halogens is 2. The van der Waals surface area contributed by atoms with E-state index >= 15 is 0 Å². The lowest BCUT2D eigenvalue weighted by Gasteiger charge is -2.14. The molecule has 1 nitrogen and oxygen atoms in total. The number of hydrogen-bond acceptors (Lipinski definition) is 1. The maximum Gasteiger partial charge on any atom is 0.104 e. The fourth-order valence-electron chi connectivity index (χ4n) is 1.76. The highest BCUT2D eigenvalue weighted by Crippen LogP contribution is 2.28. The highest BCUT2D eigenvalue weighted by atomic mass is 79.9. The smallest absolute Gasteiger partial charge is 0.104 e. The van der Waals surface area contributed by atoms with Crippen LogP contribution in [0.25, 0.3) is 0 Å². The Labute approximate surface area is 114 Å². The molecule has 1 unspecified atom stereocenters. The Kier molecular flexibility index (Phi) is 3.87. The summed E-state index contributed by atoms with van der Waals surface area (Å²) in [6.07, 6.45) is -0.647. The SMILES string of the molecule is Cc1ccc(Br)cc1C(O)c1cccc(Cl)c1. The number of aliphatic hydroxyl groups is 1. The summed E-state index contributed by atoms with van der Waals surface area (Å²) in [5.74, 6) is 0. The minimum atomic E-state index is -0.647. The zero-order chi connectivity index (χ0) is 12.4. The minimum Gasteiger partial charge on any atom is -0.384 e. The number of aryl methyl sites for hydroxylation is 1. The molecule has 0 spiro atoms. The molecule has 2 aromatic carbocycles. The van der Waals surface area contributed by atoms with Gasteiger partial charge in [-0.1, -0.05) is 45.7 Å². The third-order valence-electron chi connectivity index (χ3n) is 2.70. The summed E-state index contributed by atoms with van der Waals surface area (Å²) in [4.78, 5) is 0. The van der Waals surface area contributed by atoms with Gasteiger partial charge in [0.15, 0.2) is 0 Å². The van der Waals surface area contributed by atoms with E-state index in [-0.39, 0.29) is 0 Å². The van der Waals surface area contributed by atoms with Crippen molar-refractivity contribution in [3.63, 3.8) is 0 Å². The molecule has 1 N–H and O–H groups in total. The van der Waals surface area contributed by atoms with Gasteiger partial charge in [0.25, 0.3) is 0 Å². The van der Waals surface area contributed by atoms with E-state index in [0.717, 1.165) is 21.2 Å². The van der Waals surface area contributed by atoms with Crippen LogP contribution < -0.4 is 0 Å². The molecule has 0 amide bonds. The molecule has 0 aromatic heterocycles. The lowest BCUT2D eigenvalue weighted by molar-refractivity contribution is 0.219. The topological polar surface area (TPSA) is 20.2 Å². The monoisotopic (exact) mass is 310 g/mol. The first kappa shape index (κ1) is 12.6.